The summed E-state index contributed by atoms with van der Waals surface area (Å²) in [5.41, 5.74) is 0.686. The van der Waals surface area contributed by atoms with Gasteiger partial charge in [0.1, 0.15) is 0 Å². The Kier molecular flexibility index (Phi) is 6.07. The van der Waals surface area contributed by atoms with Crippen molar-refractivity contribution in [3.8, 4) is 0 Å². The standard InChI is InChI=1S/C12H19N3O3/c1-10-6-8-14-12(11(10)15(16)17)13-7-4-3-5-9-18-2/h6,8H,3-5,7,9H2,1-2H3,(H,13,14). The van der Waals surface area contributed by atoms with E-state index in [4.69, 9.17) is 4.74 Å². The zero-order chi connectivity index (χ0) is 13.4. The Morgan fingerprint density at radius 3 is 2.89 bits per heavy atom. The van der Waals surface area contributed by atoms with Gasteiger partial charge >= 0.3 is 5.69 Å². The first-order valence-electron chi connectivity index (χ1n) is 5.99. The largest absolute Gasteiger partial charge is 0.385 e. The molecule has 0 saturated carbocycles. The Hall–Kier alpha value is -1.69. The summed E-state index contributed by atoms with van der Waals surface area (Å²) in [5.74, 6) is 0.353. The van der Waals surface area contributed by atoms with E-state index < -0.39 is 4.92 Å². The highest BCUT2D eigenvalue weighted by atomic mass is 16.6. The maximum atomic E-state index is 10.9. The van der Waals surface area contributed by atoms with E-state index in [0.29, 0.717) is 17.9 Å². The summed E-state index contributed by atoms with van der Waals surface area (Å²) in [4.78, 5) is 14.5. The third-order valence-electron chi connectivity index (χ3n) is 2.63. The van der Waals surface area contributed by atoms with E-state index in [-0.39, 0.29) is 5.69 Å². The lowest BCUT2D eigenvalue weighted by molar-refractivity contribution is -0.384. The van der Waals surface area contributed by atoms with Gasteiger partial charge in [-0.25, -0.2) is 4.98 Å². The summed E-state index contributed by atoms with van der Waals surface area (Å²) in [6.45, 7) is 3.15. The van der Waals surface area contributed by atoms with Crippen molar-refractivity contribution in [2.24, 2.45) is 0 Å². The van der Waals surface area contributed by atoms with Crippen molar-refractivity contribution >= 4 is 11.5 Å². The minimum Gasteiger partial charge on any atom is -0.385 e. The van der Waals surface area contributed by atoms with E-state index in [2.05, 4.69) is 10.3 Å². The number of nitrogens with one attached hydrogen (secondary N) is 1. The monoisotopic (exact) mass is 253 g/mol. The fraction of sp³-hybridized carbons (Fsp3) is 0.583. The second kappa shape index (κ2) is 7.60. The van der Waals surface area contributed by atoms with Crippen molar-refractivity contribution in [2.45, 2.75) is 26.2 Å². The van der Waals surface area contributed by atoms with Crippen LogP contribution in [0.2, 0.25) is 0 Å². The molecule has 1 rings (SSSR count). The first-order valence-corrected chi connectivity index (χ1v) is 5.99. The number of anilines is 1. The van der Waals surface area contributed by atoms with Gasteiger partial charge in [-0.1, -0.05) is 0 Å². The van der Waals surface area contributed by atoms with Crippen LogP contribution in [-0.2, 0) is 4.74 Å². The fourth-order valence-electron chi connectivity index (χ4n) is 1.67. The highest BCUT2D eigenvalue weighted by molar-refractivity contribution is 5.59. The highest BCUT2D eigenvalue weighted by Gasteiger charge is 2.17. The normalized spacial score (nSPS) is 10.3. The molecule has 1 N–H and O–H groups in total. The molecule has 0 fully saturated rings. The van der Waals surface area contributed by atoms with Crippen LogP contribution in [0.25, 0.3) is 0 Å². The number of rotatable bonds is 8. The van der Waals surface area contributed by atoms with E-state index in [1.165, 1.54) is 0 Å². The topological polar surface area (TPSA) is 77.3 Å². The van der Waals surface area contributed by atoms with Gasteiger partial charge in [-0.3, -0.25) is 10.1 Å². The first kappa shape index (κ1) is 14.4. The zero-order valence-electron chi connectivity index (χ0n) is 10.8. The van der Waals surface area contributed by atoms with E-state index in [9.17, 15) is 10.1 Å². The second-order valence-corrected chi connectivity index (χ2v) is 4.06. The summed E-state index contributed by atoms with van der Waals surface area (Å²) in [7, 11) is 1.68. The molecule has 18 heavy (non-hydrogen) atoms. The van der Waals surface area contributed by atoms with Crippen molar-refractivity contribution < 1.29 is 9.66 Å². The molecule has 1 heterocycles. The summed E-state index contributed by atoms with van der Waals surface area (Å²) in [6, 6.07) is 1.64. The highest BCUT2D eigenvalue weighted by Crippen LogP contribution is 2.25. The van der Waals surface area contributed by atoms with Crippen LogP contribution in [0.5, 0.6) is 0 Å². The Balaban J connectivity index is 2.47. The quantitative estimate of drug-likeness (QED) is 0.437. The summed E-state index contributed by atoms with van der Waals surface area (Å²) >= 11 is 0. The van der Waals surface area contributed by atoms with Gasteiger partial charge in [0.05, 0.1) is 4.92 Å². The van der Waals surface area contributed by atoms with E-state index in [0.717, 1.165) is 25.9 Å². The molecule has 0 atom stereocenters. The smallest absolute Gasteiger partial charge is 0.314 e. The van der Waals surface area contributed by atoms with E-state index in [1.807, 2.05) is 0 Å². The molecule has 1 aromatic heterocycles. The minimum atomic E-state index is -0.393. The third-order valence-corrected chi connectivity index (χ3v) is 2.63. The second-order valence-electron chi connectivity index (χ2n) is 4.06. The Labute approximate surface area is 107 Å². The first-order chi connectivity index (χ1) is 8.66. The summed E-state index contributed by atoms with van der Waals surface area (Å²) < 4.78 is 4.95. The lowest BCUT2D eigenvalue weighted by Gasteiger charge is -2.07. The number of aromatic nitrogens is 1. The maximum Gasteiger partial charge on any atom is 0.314 e. The molecule has 1 aromatic rings. The van der Waals surface area contributed by atoms with Gasteiger partial charge in [0.2, 0.25) is 5.82 Å². The summed E-state index contributed by atoms with van der Waals surface area (Å²) in [6.07, 6.45) is 4.55. The molecule has 100 valence electrons. The number of ether oxygens (including phenoxy) is 1. The van der Waals surface area contributed by atoms with Gasteiger partial charge in [-0.2, -0.15) is 0 Å². The number of aryl methyl sites for hydroxylation is 1. The predicted octanol–water partition coefficient (Wildman–Crippen LogP) is 2.53. The molecular weight excluding hydrogens is 234 g/mol. The van der Waals surface area contributed by atoms with Crippen LogP contribution in [0.4, 0.5) is 11.5 Å². The fourth-order valence-corrected chi connectivity index (χ4v) is 1.67. The third kappa shape index (κ3) is 4.29. The van der Waals surface area contributed by atoms with Gasteiger partial charge < -0.3 is 10.1 Å². The SMILES string of the molecule is COCCCCCNc1nccc(C)c1[N+](=O)[O-]. The van der Waals surface area contributed by atoms with Crippen LogP contribution >= 0.6 is 0 Å². The zero-order valence-corrected chi connectivity index (χ0v) is 10.8. The molecule has 6 nitrogen and oxygen atoms in total. The lowest BCUT2D eigenvalue weighted by Crippen LogP contribution is -2.07. The Bertz CT molecular complexity index is 396. The van der Waals surface area contributed by atoms with Crippen LogP contribution in [0.3, 0.4) is 0 Å². The predicted molar refractivity (Wildman–Crippen MR) is 69.8 cm³/mol. The molecule has 0 bridgehead atoms. The molecule has 0 aliphatic heterocycles. The molecule has 0 amide bonds. The van der Waals surface area contributed by atoms with Crippen LogP contribution < -0.4 is 5.32 Å². The molecule has 0 aromatic carbocycles. The lowest BCUT2D eigenvalue weighted by atomic mass is 10.2. The van der Waals surface area contributed by atoms with Crippen molar-refractivity contribution in [2.75, 3.05) is 25.6 Å². The Morgan fingerprint density at radius 1 is 1.44 bits per heavy atom. The van der Waals surface area contributed by atoms with Crippen LogP contribution in [0.15, 0.2) is 12.3 Å². The number of pyridine rings is 1. The van der Waals surface area contributed by atoms with Crippen LogP contribution in [-0.4, -0.2) is 30.2 Å². The average Bonchev–Trinajstić information content (AvgIpc) is 2.33. The van der Waals surface area contributed by atoms with Crippen molar-refractivity contribution in [3.63, 3.8) is 0 Å². The number of nitro groups is 1. The number of unbranched alkanes of at least 4 members (excludes halogenated alkanes) is 2. The van der Waals surface area contributed by atoms with Gasteiger partial charge in [0.25, 0.3) is 0 Å². The van der Waals surface area contributed by atoms with Gasteiger partial charge in [-0.15, -0.1) is 0 Å². The molecular formula is C12H19N3O3. The van der Waals surface area contributed by atoms with Crippen LogP contribution in [0.1, 0.15) is 24.8 Å². The molecule has 0 spiro atoms. The van der Waals surface area contributed by atoms with E-state index >= 15 is 0 Å². The number of methoxy groups -OCH3 is 1. The Morgan fingerprint density at radius 2 is 2.22 bits per heavy atom. The molecule has 0 radical (unpaired) electrons. The molecule has 0 aliphatic carbocycles. The van der Waals surface area contributed by atoms with Gasteiger partial charge in [0, 0.05) is 32.0 Å². The molecule has 0 saturated heterocycles. The number of hydrogen-bond acceptors (Lipinski definition) is 5. The summed E-state index contributed by atoms with van der Waals surface area (Å²) in [5, 5.41) is 13.9. The van der Waals surface area contributed by atoms with Crippen LogP contribution in [0, 0.1) is 17.0 Å². The minimum absolute atomic E-state index is 0.0643. The molecule has 0 aliphatic rings. The van der Waals surface area contributed by atoms with Crippen molar-refractivity contribution in [1.82, 2.24) is 4.98 Å². The van der Waals surface area contributed by atoms with Gasteiger partial charge in [-0.05, 0) is 32.3 Å². The maximum absolute atomic E-state index is 10.9. The van der Waals surface area contributed by atoms with Crippen molar-refractivity contribution in [1.29, 1.82) is 0 Å². The van der Waals surface area contributed by atoms with Gasteiger partial charge in [0.15, 0.2) is 0 Å². The van der Waals surface area contributed by atoms with E-state index in [1.54, 1.807) is 26.3 Å². The average molecular weight is 253 g/mol. The number of hydrogen-bond donors (Lipinski definition) is 1. The molecule has 6 heteroatoms. The molecule has 0 unspecified atom stereocenters. The van der Waals surface area contributed by atoms with Crippen molar-refractivity contribution in [3.05, 3.63) is 27.9 Å². The number of nitrogens with zero attached hydrogens (tertiary/aromatic N) is 2.